The number of nitro groups is 1. The van der Waals surface area contributed by atoms with Crippen molar-refractivity contribution in [3.8, 4) is 5.75 Å². The zero-order valence-corrected chi connectivity index (χ0v) is 6.81. The van der Waals surface area contributed by atoms with E-state index in [0.717, 1.165) is 12.0 Å². The Balaban J connectivity index is 3.17. The average Bonchev–Trinajstić information content (AvgIpc) is 2.08. The summed E-state index contributed by atoms with van der Waals surface area (Å²) in [5.74, 6) is -0.0920. The second-order valence-corrected chi connectivity index (χ2v) is 2.41. The summed E-state index contributed by atoms with van der Waals surface area (Å²) >= 11 is 0. The van der Waals surface area contributed by atoms with Gasteiger partial charge in [-0.3, -0.25) is 10.1 Å². The number of ether oxygens (including phenoxy) is 1. The Kier molecular flexibility index (Phi) is 2.59. The van der Waals surface area contributed by atoms with Gasteiger partial charge in [0.05, 0.1) is 4.92 Å². The molecule has 0 heterocycles. The highest BCUT2D eigenvalue weighted by molar-refractivity contribution is 5.55. The van der Waals surface area contributed by atoms with Crippen LogP contribution in [0.3, 0.4) is 0 Å². The summed E-state index contributed by atoms with van der Waals surface area (Å²) in [5, 5.41) is 10.4. The maximum absolute atomic E-state index is 10.4. The van der Waals surface area contributed by atoms with Crippen LogP contribution in [0.2, 0.25) is 0 Å². The first-order chi connectivity index (χ1) is 6.15. The lowest BCUT2D eigenvalue weighted by Crippen LogP contribution is -1.96. The van der Waals surface area contributed by atoms with Gasteiger partial charge in [-0.05, 0) is 18.6 Å². The number of benzene rings is 1. The van der Waals surface area contributed by atoms with Gasteiger partial charge in [0.25, 0.3) is 0 Å². The molecule has 0 fully saturated rings. The Bertz CT molecular complexity index is 348. The van der Waals surface area contributed by atoms with E-state index < -0.39 is 4.92 Å². The number of aryl methyl sites for hydroxylation is 1. The highest BCUT2D eigenvalue weighted by Gasteiger charge is 2.14. The number of hydrogen-bond acceptors (Lipinski definition) is 4. The molecule has 1 aromatic rings. The van der Waals surface area contributed by atoms with Crippen molar-refractivity contribution in [2.45, 2.75) is 6.92 Å². The van der Waals surface area contributed by atoms with Crippen molar-refractivity contribution in [2.24, 2.45) is 0 Å². The molecule has 0 aliphatic heterocycles. The molecule has 0 aromatic heterocycles. The predicted molar refractivity (Wildman–Crippen MR) is 44.2 cm³/mol. The zero-order valence-electron chi connectivity index (χ0n) is 6.81. The van der Waals surface area contributed by atoms with Gasteiger partial charge in [-0.25, -0.2) is 4.79 Å². The first kappa shape index (κ1) is 9.18. The Hall–Kier alpha value is -1.91. The van der Waals surface area contributed by atoms with Crippen molar-refractivity contribution in [2.75, 3.05) is 0 Å². The molecule has 0 bridgehead atoms. The quantitative estimate of drug-likeness (QED) is 0.520. The Labute approximate surface area is 74.1 Å². The lowest BCUT2D eigenvalue weighted by atomic mass is 10.2. The first-order valence-electron chi connectivity index (χ1n) is 3.44. The van der Waals surface area contributed by atoms with E-state index in [-0.39, 0.29) is 11.4 Å². The number of rotatable bonds is 3. The second-order valence-electron chi connectivity index (χ2n) is 2.41. The topological polar surface area (TPSA) is 69.4 Å². The molecule has 1 radical (unpaired) electrons. The molecule has 0 saturated carbocycles. The van der Waals surface area contributed by atoms with Gasteiger partial charge >= 0.3 is 12.2 Å². The van der Waals surface area contributed by atoms with Crippen molar-refractivity contribution < 1.29 is 14.5 Å². The smallest absolute Gasteiger partial charge is 0.411 e. The Morgan fingerprint density at radius 1 is 1.54 bits per heavy atom. The van der Waals surface area contributed by atoms with E-state index in [0.29, 0.717) is 0 Å². The van der Waals surface area contributed by atoms with Gasteiger partial charge in [0.2, 0.25) is 5.75 Å². The van der Waals surface area contributed by atoms with Crippen LogP contribution in [0.25, 0.3) is 0 Å². The molecule has 1 rings (SSSR count). The summed E-state index contributed by atoms with van der Waals surface area (Å²) in [7, 11) is 0. The predicted octanol–water partition coefficient (Wildman–Crippen LogP) is 1.35. The van der Waals surface area contributed by atoms with Crippen LogP contribution in [0, 0.1) is 17.0 Å². The molecule has 13 heavy (non-hydrogen) atoms. The first-order valence-corrected chi connectivity index (χ1v) is 3.44. The standard InChI is InChI=1S/C8H6NO4/c1-6-2-3-8(13-5-10)7(4-6)9(11)12/h2-4H,1H3. The van der Waals surface area contributed by atoms with Crippen LogP contribution < -0.4 is 4.74 Å². The lowest BCUT2D eigenvalue weighted by molar-refractivity contribution is -0.385. The van der Waals surface area contributed by atoms with Crippen molar-refractivity contribution in [3.63, 3.8) is 0 Å². The number of carbonyl (C=O) groups excluding carboxylic acids is 1. The summed E-state index contributed by atoms with van der Waals surface area (Å²) in [5.41, 5.74) is 0.494. The molecular formula is C8H6NO4. The van der Waals surface area contributed by atoms with Gasteiger partial charge in [0.1, 0.15) is 0 Å². The lowest BCUT2D eigenvalue weighted by Gasteiger charge is -1.99. The molecule has 5 nitrogen and oxygen atoms in total. The second kappa shape index (κ2) is 3.66. The average molecular weight is 180 g/mol. The van der Waals surface area contributed by atoms with Crippen molar-refractivity contribution in [1.29, 1.82) is 0 Å². The van der Waals surface area contributed by atoms with Crippen LogP contribution >= 0.6 is 0 Å². The number of nitro benzene ring substituents is 1. The summed E-state index contributed by atoms with van der Waals surface area (Å²) in [6.07, 6.45) is 0. The molecule has 0 unspecified atom stereocenters. The monoisotopic (exact) mass is 180 g/mol. The van der Waals surface area contributed by atoms with E-state index in [2.05, 4.69) is 4.74 Å². The number of hydrogen-bond donors (Lipinski definition) is 0. The largest absolute Gasteiger partial charge is 0.423 e. The van der Waals surface area contributed by atoms with E-state index >= 15 is 0 Å². The van der Waals surface area contributed by atoms with Gasteiger partial charge in [-0.1, -0.05) is 6.07 Å². The molecule has 1 aromatic carbocycles. The van der Waals surface area contributed by atoms with Crippen molar-refractivity contribution in [3.05, 3.63) is 33.9 Å². The van der Waals surface area contributed by atoms with E-state index in [1.165, 1.54) is 12.1 Å². The highest BCUT2D eigenvalue weighted by atomic mass is 16.6. The Morgan fingerprint density at radius 2 is 2.23 bits per heavy atom. The van der Waals surface area contributed by atoms with Gasteiger partial charge in [0, 0.05) is 6.07 Å². The van der Waals surface area contributed by atoms with E-state index in [1.807, 2.05) is 0 Å². The molecule has 5 heteroatoms. The molecule has 67 valence electrons. The fourth-order valence-electron chi connectivity index (χ4n) is 0.901. The normalized spacial score (nSPS) is 9.31. The maximum atomic E-state index is 10.4. The van der Waals surface area contributed by atoms with E-state index in [4.69, 9.17) is 0 Å². The third-order valence-corrected chi connectivity index (χ3v) is 1.46. The van der Waals surface area contributed by atoms with Gasteiger partial charge in [-0.2, -0.15) is 0 Å². The third-order valence-electron chi connectivity index (χ3n) is 1.46. The van der Waals surface area contributed by atoms with Crippen molar-refractivity contribution >= 4 is 12.2 Å². The minimum atomic E-state index is -0.611. The molecule has 0 aliphatic carbocycles. The van der Waals surface area contributed by atoms with Crippen LogP contribution in [-0.4, -0.2) is 11.4 Å². The summed E-state index contributed by atoms with van der Waals surface area (Å²) < 4.78 is 4.31. The molecule has 0 saturated heterocycles. The SMILES string of the molecule is Cc1ccc(O[C]=O)c([N+](=O)[O-])c1. The highest BCUT2D eigenvalue weighted by Crippen LogP contribution is 2.26. The third kappa shape index (κ3) is 2.02. The summed E-state index contributed by atoms with van der Waals surface area (Å²) in [4.78, 5) is 19.7. The minimum Gasteiger partial charge on any atom is -0.411 e. The number of nitrogens with zero attached hydrogens (tertiary/aromatic N) is 1. The van der Waals surface area contributed by atoms with Gasteiger partial charge in [-0.15, -0.1) is 0 Å². The van der Waals surface area contributed by atoms with E-state index in [1.54, 1.807) is 13.0 Å². The van der Waals surface area contributed by atoms with Crippen LogP contribution in [-0.2, 0) is 4.79 Å². The van der Waals surface area contributed by atoms with Crippen LogP contribution in [0.4, 0.5) is 5.69 Å². The fourth-order valence-corrected chi connectivity index (χ4v) is 0.901. The summed E-state index contributed by atoms with van der Waals surface area (Å²) in [6.45, 7) is 2.85. The maximum Gasteiger partial charge on any atom is 0.423 e. The molecule has 0 atom stereocenters. The Morgan fingerprint density at radius 3 is 2.77 bits per heavy atom. The molecule has 0 aliphatic rings. The van der Waals surface area contributed by atoms with Crippen LogP contribution in [0.5, 0.6) is 5.75 Å². The van der Waals surface area contributed by atoms with Gasteiger partial charge in [0.15, 0.2) is 0 Å². The van der Waals surface area contributed by atoms with Gasteiger partial charge < -0.3 is 4.74 Å². The molecule has 0 amide bonds. The van der Waals surface area contributed by atoms with E-state index in [9.17, 15) is 14.9 Å². The minimum absolute atomic E-state index is 0.0920. The van der Waals surface area contributed by atoms with Crippen LogP contribution in [0.15, 0.2) is 18.2 Å². The fraction of sp³-hybridized carbons (Fsp3) is 0.125. The summed E-state index contributed by atoms with van der Waals surface area (Å²) in [6, 6.07) is 4.30. The molecular weight excluding hydrogens is 174 g/mol. The molecule has 0 N–H and O–H groups in total. The molecule has 0 spiro atoms. The zero-order chi connectivity index (χ0) is 9.84. The van der Waals surface area contributed by atoms with Crippen LogP contribution in [0.1, 0.15) is 5.56 Å². The van der Waals surface area contributed by atoms with Crippen molar-refractivity contribution in [1.82, 2.24) is 0 Å².